The molecular formula is C24H36N4O2. The predicted molar refractivity (Wildman–Crippen MR) is 118 cm³/mol. The van der Waals surface area contributed by atoms with Gasteiger partial charge in [0.15, 0.2) is 0 Å². The van der Waals surface area contributed by atoms with Gasteiger partial charge < -0.3 is 5.32 Å². The zero-order valence-corrected chi connectivity index (χ0v) is 18.9. The van der Waals surface area contributed by atoms with E-state index in [1.165, 1.54) is 16.0 Å². The summed E-state index contributed by atoms with van der Waals surface area (Å²) in [6.45, 7) is 13.8. The van der Waals surface area contributed by atoms with Gasteiger partial charge in [0, 0.05) is 32.7 Å². The maximum absolute atomic E-state index is 13.3. The first-order valence-electron chi connectivity index (χ1n) is 11.3. The number of hydrogen-bond donors (Lipinski definition) is 1. The van der Waals surface area contributed by atoms with Gasteiger partial charge in [-0.1, -0.05) is 45.0 Å². The van der Waals surface area contributed by atoms with Crippen molar-refractivity contribution in [2.24, 2.45) is 11.3 Å². The average Bonchev–Trinajstić information content (AvgIpc) is 2.86. The van der Waals surface area contributed by atoms with Crippen molar-refractivity contribution in [3.63, 3.8) is 0 Å². The van der Waals surface area contributed by atoms with Gasteiger partial charge in [0.05, 0.1) is 6.67 Å². The molecule has 2 unspecified atom stereocenters. The Morgan fingerprint density at radius 3 is 2.37 bits per heavy atom. The van der Waals surface area contributed by atoms with Gasteiger partial charge in [0.2, 0.25) is 0 Å². The molecule has 1 aromatic carbocycles. The minimum absolute atomic E-state index is 0.0190. The van der Waals surface area contributed by atoms with Crippen LogP contribution in [0.3, 0.4) is 0 Å². The van der Waals surface area contributed by atoms with Crippen LogP contribution in [0.5, 0.6) is 0 Å². The van der Waals surface area contributed by atoms with E-state index in [0.717, 1.165) is 52.0 Å². The molecule has 0 aromatic heterocycles. The fourth-order valence-electron chi connectivity index (χ4n) is 5.95. The number of rotatable bonds is 4. The molecule has 3 fully saturated rings. The fraction of sp³-hybridized carbons (Fsp3) is 0.667. The molecular weight excluding hydrogens is 376 g/mol. The molecule has 1 saturated carbocycles. The maximum Gasteiger partial charge on any atom is 0.326 e. The van der Waals surface area contributed by atoms with Crippen LogP contribution in [0.1, 0.15) is 51.2 Å². The molecule has 0 bridgehead atoms. The van der Waals surface area contributed by atoms with Gasteiger partial charge >= 0.3 is 6.03 Å². The Morgan fingerprint density at radius 1 is 1.03 bits per heavy atom. The van der Waals surface area contributed by atoms with E-state index in [4.69, 9.17) is 0 Å². The molecule has 1 spiro atoms. The lowest BCUT2D eigenvalue weighted by Crippen LogP contribution is -2.55. The molecule has 1 aliphatic carbocycles. The molecule has 2 atom stereocenters. The van der Waals surface area contributed by atoms with Crippen LogP contribution < -0.4 is 5.32 Å². The van der Waals surface area contributed by atoms with Crippen LogP contribution in [0.2, 0.25) is 0 Å². The van der Waals surface area contributed by atoms with Crippen molar-refractivity contribution in [2.75, 3.05) is 32.8 Å². The van der Waals surface area contributed by atoms with Crippen LogP contribution in [-0.4, -0.2) is 65.0 Å². The number of urea groups is 1. The zero-order chi connectivity index (χ0) is 21.5. The van der Waals surface area contributed by atoms with Gasteiger partial charge in [0.1, 0.15) is 5.54 Å². The van der Waals surface area contributed by atoms with Crippen LogP contribution >= 0.6 is 0 Å². The Labute approximate surface area is 180 Å². The quantitative estimate of drug-likeness (QED) is 0.772. The van der Waals surface area contributed by atoms with Crippen molar-refractivity contribution >= 4 is 11.9 Å². The zero-order valence-electron chi connectivity index (χ0n) is 18.9. The molecule has 1 aromatic rings. The van der Waals surface area contributed by atoms with Gasteiger partial charge in [-0.05, 0) is 48.6 Å². The molecule has 30 heavy (non-hydrogen) atoms. The summed E-state index contributed by atoms with van der Waals surface area (Å²) in [5.41, 5.74) is 2.06. The summed E-state index contributed by atoms with van der Waals surface area (Å²) in [6, 6.07) is 8.31. The number of piperazine rings is 1. The Hall–Kier alpha value is -1.92. The molecule has 3 amide bonds. The van der Waals surface area contributed by atoms with Crippen LogP contribution in [0.25, 0.3) is 0 Å². The number of carbonyl (C=O) groups excluding carboxylic acids is 2. The number of imide groups is 1. The third-order valence-electron chi connectivity index (χ3n) is 7.09. The van der Waals surface area contributed by atoms with Crippen LogP contribution in [0.15, 0.2) is 24.3 Å². The summed E-state index contributed by atoms with van der Waals surface area (Å²) in [7, 11) is 0. The molecule has 4 rings (SSSR count). The van der Waals surface area contributed by atoms with Gasteiger partial charge in [-0.3, -0.25) is 14.6 Å². The Bertz CT molecular complexity index is 815. The number of hydrogen-bond acceptors (Lipinski definition) is 4. The average molecular weight is 413 g/mol. The van der Waals surface area contributed by atoms with E-state index in [1.54, 1.807) is 0 Å². The van der Waals surface area contributed by atoms with Crippen molar-refractivity contribution in [2.45, 2.75) is 59.0 Å². The summed E-state index contributed by atoms with van der Waals surface area (Å²) in [4.78, 5) is 32.3. The largest absolute Gasteiger partial charge is 0.326 e. The smallest absolute Gasteiger partial charge is 0.323 e. The van der Waals surface area contributed by atoms with E-state index >= 15 is 0 Å². The summed E-state index contributed by atoms with van der Waals surface area (Å²) < 4.78 is 0. The number of nitrogens with one attached hydrogen (secondary N) is 1. The first kappa shape index (κ1) is 21.3. The van der Waals surface area contributed by atoms with Gasteiger partial charge in [0.25, 0.3) is 5.91 Å². The standard InChI is InChI=1S/C24H36N4O2/c1-18-13-23(3,4)16-24(14-18)21(29)28(22(30)25-24)17-27-11-9-26(10-12-27)15-20-8-6-5-7-19(20)2/h5-8,18H,9-17H2,1-4H3,(H,25,30). The molecule has 6 heteroatoms. The minimum Gasteiger partial charge on any atom is -0.323 e. The molecule has 1 N–H and O–H groups in total. The van der Waals surface area contributed by atoms with E-state index in [0.29, 0.717) is 12.6 Å². The topological polar surface area (TPSA) is 55.9 Å². The van der Waals surface area contributed by atoms with Gasteiger partial charge in [-0.2, -0.15) is 0 Å². The minimum atomic E-state index is -0.703. The third kappa shape index (κ3) is 4.26. The summed E-state index contributed by atoms with van der Waals surface area (Å²) >= 11 is 0. The molecule has 0 radical (unpaired) electrons. The van der Waals surface area contributed by atoms with E-state index in [-0.39, 0.29) is 17.4 Å². The first-order chi connectivity index (χ1) is 14.2. The fourth-order valence-corrected chi connectivity index (χ4v) is 5.95. The molecule has 2 aliphatic heterocycles. The summed E-state index contributed by atoms with van der Waals surface area (Å²) in [5, 5.41) is 3.09. The SMILES string of the molecule is Cc1ccccc1CN1CCN(CN2C(=O)NC3(CC(C)CC(C)(C)C3)C2=O)CC1. The van der Waals surface area contributed by atoms with Crippen molar-refractivity contribution in [1.82, 2.24) is 20.0 Å². The highest BCUT2D eigenvalue weighted by Gasteiger charge is 2.56. The summed E-state index contributed by atoms with van der Waals surface area (Å²) in [5.74, 6) is 0.414. The molecule has 164 valence electrons. The van der Waals surface area contributed by atoms with Gasteiger partial charge in [-0.15, -0.1) is 0 Å². The van der Waals surface area contributed by atoms with Crippen LogP contribution in [-0.2, 0) is 11.3 Å². The Kier molecular flexibility index (Phi) is 5.66. The predicted octanol–water partition coefficient (Wildman–Crippen LogP) is 3.21. The van der Waals surface area contributed by atoms with Gasteiger partial charge in [-0.25, -0.2) is 9.69 Å². The number of nitrogens with zero attached hydrogens (tertiary/aromatic N) is 3. The van der Waals surface area contributed by atoms with Crippen LogP contribution in [0, 0.1) is 18.3 Å². The lowest BCUT2D eigenvalue weighted by atomic mass is 9.64. The number of amides is 3. The first-order valence-corrected chi connectivity index (χ1v) is 11.3. The number of benzene rings is 1. The number of carbonyl (C=O) groups is 2. The van der Waals surface area contributed by atoms with Crippen molar-refractivity contribution in [1.29, 1.82) is 0 Å². The third-order valence-corrected chi connectivity index (χ3v) is 7.09. The Morgan fingerprint density at radius 2 is 1.70 bits per heavy atom. The lowest BCUT2D eigenvalue weighted by Gasteiger charge is -2.44. The number of aryl methyl sites for hydroxylation is 1. The molecule has 2 saturated heterocycles. The van der Waals surface area contributed by atoms with E-state index < -0.39 is 5.54 Å². The van der Waals surface area contributed by atoms with Crippen molar-refractivity contribution in [3.8, 4) is 0 Å². The maximum atomic E-state index is 13.3. The van der Waals surface area contributed by atoms with E-state index in [9.17, 15) is 9.59 Å². The monoisotopic (exact) mass is 412 g/mol. The second-order valence-electron chi connectivity index (χ2n) is 10.6. The lowest BCUT2D eigenvalue weighted by molar-refractivity contribution is -0.136. The van der Waals surface area contributed by atoms with E-state index in [1.807, 2.05) is 0 Å². The highest BCUT2D eigenvalue weighted by atomic mass is 16.2. The Balaban J connectivity index is 1.35. The van der Waals surface area contributed by atoms with Crippen LogP contribution in [0.4, 0.5) is 4.79 Å². The molecule has 3 aliphatic rings. The highest BCUT2D eigenvalue weighted by Crippen LogP contribution is 2.46. The van der Waals surface area contributed by atoms with Crippen molar-refractivity contribution in [3.05, 3.63) is 35.4 Å². The second kappa shape index (κ2) is 7.97. The highest BCUT2D eigenvalue weighted by molar-refractivity contribution is 6.07. The molecule has 6 nitrogen and oxygen atoms in total. The molecule has 2 heterocycles. The second-order valence-corrected chi connectivity index (χ2v) is 10.6. The normalized spacial score (nSPS) is 30.1. The summed E-state index contributed by atoms with van der Waals surface area (Å²) in [6.07, 6.45) is 2.58. The van der Waals surface area contributed by atoms with E-state index in [2.05, 4.69) is 67.1 Å². The van der Waals surface area contributed by atoms with Crippen molar-refractivity contribution < 1.29 is 9.59 Å².